The first-order chi connectivity index (χ1) is 9.53. The van der Waals surface area contributed by atoms with Crippen molar-refractivity contribution in [3.05, 3.63) is 10.6 Å². The Balaban J connectivity index is 3.07. The number of thiazole rings is 1. The predicted octanol–water partition coefficient (Wildman–Crippen LogP) is 1.67. The van der Waals surface area contributed by atoms with Crippen LogP contribution in [0.4, 0.5) is 5.13 Å². The van der Waals surface area contributed by atoms with Crippen molar-refractivity contribution >= 4 is 45.9 Å². The number of aromatic nitrogens is 1. The number of nitrogens with zero attached hydrogens (tertiary/aromatic N) is 1. The van der Waals surface area contributed by atoms with Gasteiger partial charge in [-0.2, -0.15) is 0 Å². The molecular weight excluding hydrogens is 308 g/mol. The first-order valence-corrected chi connectivity index (χ1v) is 7.09. The monoisotopic (exact) mass is 320 g/mol. The van der Waals surface area contributed by atoms with Gasteiger partial charge in [0.1, 0.15) is 10.8 Å². The lowest BCUT2D eigenvalue weighted by molar-refractivity contribution is -0.113. The quantitative estimate of drug-likeness (QED) is 0.633. The molecule has 0 spiro atoms. The van der Waals surface area contributed by atoms with Crippen LogP contribution in [0, 0.1) is 0 Å². The fourth-order valence-electron chi connectivity index (χ4n) is 1.20. The summed E-state index contributed by atoms with van der Waals surface area (Å²) in [5.74, 6) is -2.20. The second kappa shape index (κ2) is 7.81. The van der Waals surface area contributed by atoms with Gasteiger partial charge in [0.15, 0.2) is 10.8 Å². The molecule has 0 aliphatic rings. The lowest BCUT2D eigenvalue weighted by Gasteiger charge is -2.01. The predicted molar refractivity (Wildman–Crippen MR) is 73.4 cm³/mol. The summed E-state index contributed by atoms with van der Waals surface area (Å²) >= 11 is 6.18. The van der Waals surface area contributed by atoms with Gasteiger partial charge in [-0.05, 0) is 13.8 Å². The largest absolute Gasteiger partial charge is 0.462 e. The number of alkyl halides is 1. The maximum absolute atomic E-state index is 11.7. The number of hydrogen-bond donors (Lipinski definition) is 1. The molecule has 0 fully saturated rings. The van der Waals surface area contributed by atoms with Crippen LogP contribution in [0.1, 0.15) is 34.0 Å². The van der Waals surface area contributed by atoms with Gasteiger partial charge in [-0.3, -0.25) is 4.79 Å². The van der Waals surface area contributed by atoms with E-state index in [9.17, 15) is 14.4 Å². The van der Waals surface area contributed by atoms with Crippen LogP contribution in [0.25, 0.3) is 0 Å². The number of carbonyl (C=O) groups excluding carboxylic acids is 3. The topological polar surface area (TPSA) is 94.6 Å². The summed E-state index contributed by atoms with van der Waals surface area (Å²) in [5, 5.41) is 2.45. The SMILES string of the molecule is CCOC(=O)c1nc(NC(=O)CCl)sc1C(=O)OCC. The van der Waals surface area contributed by atoms with Crippen LogP contribution in [-0.4, -0.2) is 41.9 Å². The molecule has 1 N–H and O–H groups in total. The highest BCUT2D eigenvalue weighted by molar-refractivity contribution is 7.17. The molecule has 1 rings (SSSR count). The van der Waals surface area contributed by atoms with Gasteiger partial charge in [0.05, 0.1) is 13.2 Å². The third-order valence-corrected chi connectivity index (χ3v) is 3.12. The zero-order valence-electron chi connectivity index (χ0n) is 10.9. The van der Waals surface area contributed by atoms with Crippen LogP contribution in [0.2, 0.25) is 0 Å². The third kappa shape index (κ3) is 4.17. The molecule has 0 aliphatic heterocycles. The molecule has 9 heteroatoms. The minimum absolute atomic E-state index is 0.0184. The normalized spacial score (nSPS) is 9.95. The van der Waals surface area contributed by atoms with E-state index in [4.69, 9.17) is 21.1 Å². The second-order valence-electron chi connectivity index (χ2n) is 3.32. The van der Waals surface area contributed by atoms with Crippen LogP contribution in [0.15, 0.2) is 0 Å². The number of ether oxygens (including phenoxy) is 2. The zero-order chi connectivity index (χ0) is 15.1. The molecule has 20 heavy (non-hydrogen) atoms. The lowest BCUT2D eigenvalue weighted by Crippen LogP contribution is -2.13. The van der Waals surface area contributed by atoms with Crippen LogP contribution >= 0.6 is 22.9 Å². The maximum Gasteiger partial charge on any atom is 0.358 e. The van der Waals surface area contributed by atoms with Crippen molar-refractivity contribution in [2.24, 2.45) is 0 Å². The molecule has 0 aliphatic carbocycles. The first kappa shape index (κ1) is 16.4. The Bertz CT molecular complexity index is 481. The van der Waals surface area contributed by atoms with Crippen LogP contribution < -0.4 is 5.32 Å². The average molecular weight is 321 g/mol. The van der Waals surface area contributed by atoms with Crippen LogP contribution in [-0.2, 0) is 14.3 Å². The molecule has 0 radical (unpaired) electrons. The van der Waals surface area contributed by atoms with E-state index >= 15 is 0 Å². The Morgan fingerprint density at radius 3 is 2.35 bits per heavy atom. The molecule has 0 atom stereocenters. The van der Waals surface area contributed by atoms with Crippen molar-refractivity contribution in [2.45, 2.75) is 13.8 Å². The highest BCUT2D eigenvalue weighted by Crippen LogP contribution is 2.24. The molecule has 0 saturated heterocycles. The first-order valence-electron chi connectivity index (χ1n) is 5.74. The number of carbonyl (C=O) groups is 3. The van der Waals surface area contributed by atoms with E-state index in [-0.39, 0.29) is 34.8 Å². The van der Waals surface area contributed by atoms with Gasteiger partial charge in [-0.1, -0.05) is 11.3 Å². The van der Waals surface area contributed by atoms with Crippen molar-refractivity contribution < 1.29 is 23.9 Å². The third-order valence-electron chi connectivity index (χ3n) is 1.92. The van der Waals surface area contributed by atoms with Crippen molar-refractivity contribution in [1.82, 2.24) is 4.98 Å². The van der Waals surface area contributed by atoms with Crippen molar-refractivity contribution in [3.8, 4) is 0 Å². The summed E-state index contributed by atoms with van der Waals surface area (Å²) in [6.07, 6.45) is 0. The second-order valence-corrected chi connectivity index (χ2v) is 4.59. The summed E-state index contributed by atoms with van der Waals surface area (Å²) in [6, 6.07) is 0. The Labute approximate surface area is 124 Å². The summed E-state index contributed by atoms with van der Waals surface area (Å²) in [5.41, 5.74) is -0.180. The lowest BCUT2D eigenvalue weighted by atomic mass is 10.3. The number of nitrogens with one attached hydrogen (secondary N) is 1. The maximum atomic E-state index is 11.7. The molecule has 0 bridgehead atoms. The van der Waals surface area contributed by atoms with E-state index in [0.717, 1.165) is 11.3 Å². The molecule has 1 aromatic heterocycles. The molecule has 0 saturated carbocycles. The molecule has 1 amide bonds. The number of rotatable bonds is 6. The summed E-state index contributed by atoms with van der Waals surface area (Å²) in [7, 11) is 0. The molecule has 110 valence electrons. The minimum Gasteiger partial charge on any atom is -0.462 e. The molecule has 0 aromatic carbocycles. The summed E-state index contributed by atoms with van der Waals surface area (Å²) < 4.78 is 9.63. The Morgan fingerprint density at radius 1 is 1.20 bits per heavy atom. The van der Waals surface area contributed by atoms with E-state index in [1.54, 1.807) is 13.8 Å². The molecule has 1 heterocycles. The summed E-state index contributed by atoms with van der Waals surface area (Å²) in [6.45, 7) is 3.56. The van der Waals surface area contributed by atoms with E-state index in [1.165, 1.54) is 0 Å². The standard InChI is InChI=1S/C11H13ClN2O5S/c1-3-18-9(16)7-8(10(17)19-4-2)20-11(14-7)13-6(15)5-12/h3-5H2,1-2H3,(H,13,14,15). The number of hydrogen-bond acceptors (Lipinski definition) is 7. The van der Waals surface area contributed by atoms with Gasteiger partial charge in [0, 0.05) is 0 Å². The van der Waals surface area contributed by atoms with Gasteiger partial charge < -0.3 is 14.8 Å². The van der Waals surface area contributed by atoms with Gasteiger partial charge in [0.25, 0.3) is 0 Å². The number of halogens is 1. The Hall–Kier alpha value is -1.67. The number of anilines is 1. The van der Waals surface area contributed by atoms with E-state index in [1.807, 2.05) is 0 Å². The smallest absolute Gasteiger partial charge is 0.358 e. The van der Waals surface area contributed by atoms with Crippen LogP contribution in [0.5, 0.6) is 0 Å². The number of esters is 2. The highest BCUT2D eigenvalue weighted by Gasteiger charge is 2.26. The molecular formula is C11H13ClN2O5S. The van der Waals surface area contributed by atoms with Crippen molar-refractivity contribution in [3.63, 3.8) is 0 Å². The molecule has 1 aromatic rings. The van der Waals surface area contributed by atoms with Crippen molar-refractivity contribution in [2.75, 3.05) is 24.4 Å². The van der Waals surface area contributed by atoms with Crippen molar-refractivity contribution in [1.29, 1.82) is 0 Å². The van der Waals surface area contributed by atoms with Gasteiger partial charge in [-0.25, -0.2) is 14.6 Å². The minimum atomic E-state index is -0.752. The fraction of sp³-hybridized carbons (Fsp3) is 0.455. The Morgan fingerprint density at radius 2 is 1.80 bits per heavy atom. The highest BCUT2D eigenvalue weighted by atomic mass is 35.5. The Kier molecular flexibility index (Phi) is 6.40. The van der Waals surface area contributed by atoms with E-state index in [2.05, 4.69) is 10.3 Å². The van der Waals surface area contributed by atoms with E-state index in [0.29, 0.717) is 0 Å². The van der Waals surface area contributed by atoms with Gasteiger partial charge in [0.2, 0.25) is 5.91 Å². The average Bonchev–Trinajstić information content (AvgIpc) is 2.83. The van der Waals surface area contributed by atoms with Gasteiger partial charge in [-0.15, -0.1) is 11.6 Å². The fourth-order valence-corrected chi connectivity index (χ4v) is 2.13. The summed E-state index contributed by atoms with van der Waals surface area (Å²) in [4.78, 5) is 38.5. The van der Waals surface area contributed by atoms with Gasteiger partial charge >= 0.3 is 11.9 Å². The zero-order valence-corrected chi connectivity index (χ0v) is 12.5. The van der Waals surface area contributed by atoms with E-state index < -0.39 is 17.8 Å². The van der Waals surface area contributed by atoms with Crippen LogP contribution in [0.3, 0.4) is 0 Å². The molecule has 7 nitrogen and oxygen atoms in total. The number of amides is 1. The molecule has 0 unspecified atom stereocenters.